The van der Waals surface area contributed by atoms with E-state index >= 15 is 0 Å². The normalized spacial score (nSPS) is 11.5. The monoisotopic (exact) mass is 370 g/mol. The largest absolute Gasteiger partial charge is 0.465 e. The van der Waals surface area contributed by atoms with E-state index in [1.807, 2.05) is 32.9 Å². The Kier molecular flexibility index (Phi) is 7.82. The lowest BCUT2D eigenvalue weighted by Gasteiger charge is -2.12. The highest BCUT2D eigenvalue weighted by Crippen LogP contribution is 2.10. The van der Waals surface area contributed by atoms with Crippen LogP contribution in [0.3, 0.4) is 0 Å². The minimum absolute atomic E-state index is 0.128. The molecule has 0 aliphatic carbocycles. The summed E-state index contributed by atoms with van der Waals surface area (Å²) in [7, 11) is 0. The average molecular weight is 370 g/mol. The Labute approximate surface area is 159 Å². The third-order valence-electron chi connectivity index (χ3n) is 3.77. The maximum absolute atomic E-state index is 12.6. The highest BCUT2D eigenvalue weighted by molar-refractivity contribution is 6.05. The van der Waals surface area contributed by atoms with Crippen molar-refractivity contribution in [2.75, 3.05) is 13.2 Å². The number of aryl methyl sites for hydroxylation is 1. The van der Waals surface area contributed by atoms with Crippen LogP contribution in [0.2, 0.25) is 0 Å². The van der Waals surface area contributed by atoms with Crippen LogP contribution in [0.1, 0.15) is 41.9 Å². The first kappa shape index (κ1) is 20.5. The number of carbonyl (C=O) groups excluding carboxylic acids is 2. The number of benzene rings is 1. The van der Waals surface area contributed by atoms with Crippen LogP contribution in [0.25, 0.3) is 6.08 Å². The van der Waals surface area contributed by atoms with E-state index in [0.717, 1.165) is 5.56 Å². The van der Waals surface area contributed by atoms with Gasteiger partial charge in [-0.15, -0.1) is 0 Å². The van der Waals surface area contributed by atoms with Gasteiger partial charge in [-0.1, -0.05) is 18.2 Å². The molecule has 0 saturated carbocycles. The first-order valence-corrected chi connectivity index (χ1v) is 8.99. The quantitative estimate of drug-likeness (QED) is 0.524. The van der Waals surface area contributed by atoms with Gasteiger partial charge in [-0.25, -0.2) is 0 Å². The molecular weight excluding hydrogens is 344 g/mol. The second-order valence-corrected chi connectivity index (χ2v) is 6.37. The van der Waals surface area contributed by atoms with Crippen molar-refractivity contribution < 1.29 is 18.7 Å². The van der Waals surface area contributed by atoms with E-state index in [9.17, 15) is 9.59 Å². The number of hydrogen-bond donors (Lipinski definition) is 2. The highest BCUT2D eigenvalue weighted by atomic mass is 16.5. The molecule has 1 aromatic heterocycles. The molecule has 2 N–H and O–H groups in total. The van der Waals surface area contributed by atoms with Gasteiger partial charge in [0.05, 0.1) is 12.4 Å². The van der Waals surface area contributed by atoms with Crippen molar-refractivity contribution in [2.45, 2.75) is 33.3 Å². The lowest BCUT2D eigenvalue weighted by Crippen LogP contribution is -2.35. The molecule has 27 heavy (non-hydrogen) atoms. The smallest absolute Gasteiger partial charge is 0.267 e. The number of ether oxygens (including phenoxy) is 1. The van der Waals surface area contributed by atoms with Gasteiger partial charge < -0.3 is 19.8 Å². The van der Waals surface area contributed by atoms with E-state index in [1.54, 1.807) is 24.3 Å². The van der Waals surface area contributed by atoms with Gasteiger partial charge in [0.15, 0.2) is 0 Å². The molecule has 2 rings (SSSR count). The fourth-order valence-corrected chi connectivity index (χ4v) is 2.38. The minimum atomic E-state index is -0.377. The van der Waals surface area contributed by atoms with Gasteiger partial charge in [0.25, 0.3) is 11.8 Å². The van der Waals surface area contributed by atoms with Gasteiger partial charge in [-0.3, -0.25) is 9.59 Å². The highest BCUT2D eigenvalue weighted by Gasteiger charge is 2.16. The lowest BCUT2D eigenvalue weighted by molar-refractivity contribution is -0.117. The zero-order valence-corrected chi connectivity index (χ0v) is 16.0. The Morgan fingerprint density at radius 3 is 2.63 bits per heavy atom. The Bertz CT molecular complexity index is 779. The Morgan fingerprint density at radius 1 is 1.19 bits per heavy atom. The summed E-state index contributed by atoms with van der Waals surface area (Å²) in [6.45, 7) is 6.78. The SMILES string of the molecule is Cc1ccccc1C(=O)N/C(=C\c1ccco1)C(=O)NCCCOC(C)C. The number of furan rings is 1. The summed E-state index contributed by atoms with van der Waals surface area (Å²) in [4.78, 5) is 25.1. The first-order valence-electron chi connectivity index (χ1n) is 8.99. The molecule has 6 heteroatoms. The molecule has 0 saturated heterocycles. The molecule has 0 aliphatic rings. The van der Waals surface area contributed by atoms with Crippen molar-refractivity contribution in [2.24, 2.45) is 0 Å². The average Bonchev–Trinajstić information content (AvgIpc) is 3.14. The predicted molar refractivity (Wildman–Crippen MR) is 104 cm³/mol. The van der Waals surface area contributed by atoms with Crippen LogP contribution in [0.4, 0.5) is 0 Å². The standard InChI is InChI=1S/C21H26N2O4/c1-15(2)26-13-7-11-22-21(25)19(14-17-9-6-12-27-17)23-20(24)18-10-5-4-8-16(18)3/h4-6,8-10,12,14-15H,7,11,13H2,1-3H3,(H,22,25)(H,23,24)/b19-14-. The molecule has 144 valence electrons. The second kappa shape index (κ2) is 10.3. The molecule has 0 atom stereocenters. The number of nitrogens with one attached hydrogen (secondary N) is 2. The molecule has 1 heterocycles. The molecule has 2 aromatic rings. The van der Waals surface area contributed by atoms with E-state index in [1.165, 1.54) is 12.3 Å². The summed E-state index contributed by atoms with van der Waals surface area (Å²) in [5.41, 5.74) is 1.47. The Hall–Kier alpha value is -2.86. The molecule has 0 aliphatic heterocycles. The number of hydrogen-bond acceptors (Lipinski definition) is 4. The van der Waals surface area contributed by atoms with Gasteiger partial charge >= 0.3 is 0 Å². The van der Waals surface area contributed by atoms with Gasteiger partial charge in [-0.05, 0) is 51.0 Å². The molecule has 0 spiro atoms. The maximum atomic E-state index is 12.6. The van der Waals surface area contributed by atoms with Crippen molar-refractivity contribution in [1.82, 2.24) is 10.6 Å². The van der Waals surface area contributed by atoms with E-state index in [2.05, 4.69) is 10.6 Å². The molecular formula is C21H26N2O4. The maximum Gasteiger partial charge on any atom is 0.267 e. The zero-order chi connectivity index (χ0) is 19.6. The fraction of sp³-hybridized carbons (Fsp3) is 0.333. The predicted octanol–water partition coefficient (Wildman–Crippen LogP) is 3.29. The number of rotatable bonds is 9. The molecule has 6 nitrogen and oxygen atoms in total. The fourth-order valence-electron chi connectivity index (χ4n) is 2.38. The molecule has 0 bridgehead atoms. The summed E-state index contributed by atoms with van der Waals surface area (Å²) >= 11 is 0. The van der Waals surface area contributed by atoms with Gasteiger partial charge in [0, 0.05) is 24.8 Å². The van der Waals surface area contributed by atoms with Crippen molar-refractivity contribution in [3.63, 3.8) is 0 Å². The van der Waals surface area contributed by atoms with E-state index < -0.39 is 0 Å². The summed E-state index contributed by atoms with van der Waals surface area (Å²) < 4.78 is 10.7. The third-order valence-corrected chi connectivity index (χ3v) is 3.77. The summed E-state index contributed by atoms with van der Waals surface area (Å²) in [6.07, 6.45) is 3.86. The van der Waals surface area contributed by atoms with E-state index in [-0.39, 0.29) is 23.6 Å². The van der Waals surface area contributed by atoms with E-state index in [0.29, 0.717) is 30.9 Å². The molecule has 1 aromatic carbocycles. The van der Waals surface area contributed by atoms with Crippen LogP contribution >= 0.6 is 0 Å². The molecule has 2 amide bonds. The number of amides is 2. The van der Waals surface area contributed by atoms with Crippen molar-refractivity contribution in [1.29, 1.82) is 0 Å². The van der Waals surface area contributed by atoms with Crippen LogP contribution in [0, 0.1) is 6.92 Å². The molecule has 0 fully saturated rings. The van der Waals surface area contributed by atoms with Gasteiger partial charge in [-0.2, -0.15) is 0 Å². The van der Waals surface area contributed by atoms with Crippen LogP contribution in [-0.2, 0) is 9.53 Å². The second-order valence-electron chi connectivity index (χ2n) is 6.37. The van der Waals surface area contributed by atoms with Crippen LogP contribution in [-0.4, -0.2) is 31.1 Å². The van der Waals surface area contributed by atoms with Crippen LogP contribution in [0.5, 0.6) is 0 Å². The number of carbonyl (C=O) groups is 2. The third kappa shape index (κ3) is 6.75. The minimum Gasteiger partial charge on any atom is -0.465 e. The lowest BCUT2D eigenvalue weighted by atomic mass is 10.1. The Balaban J connectivity index is 2.04. The van der Waals surface area contributed by atoms with Gasteiger partial charge in [0.1, 0.15) is 11.5 Å². The van der Waals surface area contributed by atoms with Crippen LogP contribution in [0.15, 0.2) is 52.8 Å². The van der Waals surface area contributed by atoms with Crippen molar-refractivity contribution >= 4 is 17.9 Å². The van der Waals surface area contributed by atoms with E-state index in [4.69, 9.17) is 9.15 Å². The Morgan fingerprint density at radius 2 is 1.96 bits per heavy atom. The summed E-state index contributed by atoms with van der Waals surface area (Å²) in [6, 6.07) is 10.6. The molecule has 0 radical (unpaired) electrons. The van der Waals surface area contributed by atoms with Gasteiger partial charge in [0.2, 0.25) is 0 Å². The van der Waals surface area contributed by atoms with Crippen molar-refractivity contribution in [3.05, 3.63) is 65.2 Å². The zero-order valence-electron chi connectivity index (χ0n) is 16.0. The topological polar surface area (TPSA) is 80.6 Å². The molecule has 0 unspecified atom stereocenters. The summed E-state index contributed by atoms with van der Waals surface area (Å²) in [5.74, 6) is -0.240. The van der Waals surface area contributed by atoms with Crippen LogP contribution < -0.4 is 10.6 Å². The first-order chi connectivity index (χ1) is 13.0. The summed E-state index contributed by atoms with van der Waals surface area (Å²) in [5, 5.41) is 5.49. The van der Waals surface area contributed by atoms with Crippen molar-refractivity contribution in [3.8, 4) is 0 Å².